The first kappa shape index (κ1) is 16.1. The summed E-state index contributed by atoms with van der Waals surface area (Å²) in [5.41, 5.74) is 1.14. The lowest BCUT2D eigenvalue weighted by atomic mass is 10.1. The minimum atomic E-state index is 0.243. The number of nitrogens with zero attached hydrogens (tertiary/aromatic N) is 1. The average Bonchev–Trinajstić information content (AvgIpc) is 3.35. The highest BCUT2D eigenvalue weighted by Gasteiger charge is 2.27. The normalized spacial score (nSPS) is 16.0. The first-order valence-corrected chi connectivity index (χ1v) is 7.89. The SMILES string of the molecule is CCN(CCNC(C)c1cc(OC)ccc1OC)C1CC1. The minimum absolute atomic E-state index is 0.243. The van der Waals surface area contributed by atoms with E-state index in [0.29, 0.717) is 0 Å². The highest BCUT2D eigenvalue weighted by Crippen LogP contribution is 2.29. The molecule has 1 saturated carbocycles. The Bertz CT molecular complexity index is 446. The first-order valence-electron chi connectivity index (χ1n) is 7.89. The Balaban J connectivity index is 1.91. The maximum atomic E-state index is 5.46. The van der Waals surface area contributed by atoms with Crippen LogP contribution >= 0.6 is 0 Å². The predicted molar refractivity (Wildman–Crippen MR) is 86.2 cm³/mol. The van der Waals surface area contributed by atoms with Crippen LogP contribution in [0, 0.1) is 0 Å². The van der Waals surface area contributed by atoms with Crippen molar-refractivity contribution < 1.29 is 9.47 Å². The third kappa shape index (κ3) is 4.35. The number of hydrogen-bond donors (Lipinski definition) is 1. The smallest absolute Gasteiger partial charge is 0.123 e. The van der Waals surface area contributed by atoms with Gasteiger partial charge in [-0.3, -0.25) is 4.90 Å². The van der Waals surface area contributed by atoms with Gasteiger partial charge < -0.3 is 14.8 Å². The van der Waals surface area contributed by atoms with Crippen LogP contribution in [-0.4, -0.2) is 44.8 Å². The number of ether oxygens (including phenoxy) is 2. The van der Waals surface area contributed by atoms with Gasteiger partial charge in [-0.1, -0.05) is 6.92 Å². The van der Waals surface area contributed by atoms with Crippen molar-refractivity contribution >= 4 is 0 Å². The van der Waals surface area contributed by atoms with E-state index >= 15 is 0 Å². The lowest BCUT2D eigenvalue weighted by molar-refractivity contribution is 0.273. The molecule has 1 atom stereocenters. The van der Waals surface area contributed by atoms with Crippen LogP contribution in [0.5, 0.6) is 11.5 Å². The standard InChI is InChI=1S/C17H28N2O2/c1-5-19(14-6-7-14)11-10-18-13(2)16-12-15(20-3)8-9-17(16)21-4/h8-9,12-14,18H,5-7,10-11H2,1-4H3. The Hall–Kier alpha value is -1.26. The Morgan fingerprint density at radius 2 is 2.05 bits per heavy atom. The molecule has 1 aliphatic carbocycles. The average molecular weight is 292 g/mol. The van der Waals surface area contributed by atoms with Gasteiger partial charge in [-0.25, -0.2) is 0 Å². The summed E-state index contributed by atoms with van der Waals surface area (Å²) >= 11 is 0. The maximum Gasteiger partial charge on any atom is 0.123 e. The van der Waals surface area contributed by atoms with Crippen molar-refractivity contribution in [3.8, 4) is 11.5 Å². The lowest BCUT2D eigenvalue weighted by Crippen LogP contribution is -2.34. The fraction of sp³-hybridized carbons (Fsp3) is 0.647. The van der Waals surface area contributed by atoms with Crippen molar-refractivity contribution in [3.05, 3.63) is 23.8 Å². The third-order valence-corrected chi connectivity index (χ3v) is 4.22. The van der Waals surface area contributed by atoms with E-state index in [2.05, 4.69) is 30.1 Å². The zero-order valence-electron chi connectivity index (χ0n) is 13.7. The summed E-state index contributed by atoms with van der Waals surface area (Å²) in [5, 5.41) is 3.60. The summed E-state index contributed by atoms with van der Waals surface area (Å²) in [6.07, 6.45) is 2.74. The van der Waals surface area contributed by atoms with Crippen molar-refractivity contribution in [2.75, 3.05) is 33.9 Å². The number of methoxy groups -OCH3 is 2. The van der Waals surface area contributed by atoms with Gasteiger partial charge in [0.2, 0.25) is 0 Å². The van der Waals surface area contributed by atoms with Crippen molar-refractivity contribution in [1.82, 2.24) is 10.2 Å². The fourth-order valence-electron chi connectivity index (χ4n) is 2.75. The van der Waals surface area contributed by atoms with Crippen LogP contribution in [0.2, 0.25) is 0 Å². The molecule has 118 valence electrons. The monoisotopic (exact) mass is 292 g/mol. The topological polar surface area (TPSA) is 33.7 Å². The molecule has 0 aromatic heterocycles. The second kappa shape index (κ2) is 7.66. The van der Waals surface area contributed by atoms with Gasteiger partial charge in [-0.15, -0.1) is 0 Å². The van der Waals surface area contributed by atoms with Gasteiger partial charge in [0.25, 0.3) is 0 Å². The molecule has 0 heterocycles. The molecule has 0 amide bonds. The molecular weight excluding hydrogens is 264 g/mol. The molecule has 4 heteroatoms. The summed E-state index contributed by atoms with van der Waals surface area (Å²) in [7, 11) is 3.41. The van der Waals surface area contributed by atoms with E-state index in [-0.39, 0.29) is 6.04 Å². The van der Waals surface area contributed by atoms with E-state index in [1.54, 1.807) is 14.2 Å². The van der Waals surface area contributed by atoms with E-state index in [0.717, 1.165) is 42.7 Å². The molecule has 4 nitrogen and oxygen atoms in total. The van der Waals surface area contributed by atoms with Crippen molar-refractivity contribution in [3.63, 3.8) is 0 Å². The quantitative estimate of drug-likeness (QED) is 0.759. The molecule has 0 spiro atoms. The Kier molecular flexibility index (Phi) is 5.88. The van der Waals surface area contributed by atoms with Crippen molar-refractivity contribution in [1.29, 1.82) is 0 Å². The zero-order valence-corrected chi connectivity index (χ0v) is 13.7. The van der Waals surface area contributed by atoms with Gasteiger partial charge in [-0.05, 0) is 44.5 Å². The largest absolute Gasteiger partial charge is 0.497 e. The molecule has 2 rings (SSSR count). The summed E-state index contributed by atoms with van der Waals surface area (Å²) in [6.45, 7) is 7.66. The highest BCUT2D eigenvalue weighted by molar-refractivity contribution is 5.42. The molecule has 0 bridgehead atoms. The first-order chi connectivity index (χ1) is 10.2. The number of nitrogens with one attached hydrogen (secondary N) is 1. The Morgan fingerprint density at radius 3 is 2.62 bits per heavy atom. The molecular formula is C17H28N2O2. The third-order valence-electron chi connectivity index (χ3n) is 4.22. The van der Waals surface area contributed by atoms with Crippen molar-refractivity contribution in [2.24, 2.45) is 0 Å². The highest BCUT2D eigenvalue weighted by atomic mass is 16.5. The summed E-state index contributed by atoms with van der Waals surface area (Å²) in [6, 6.07) is 7.02. The van der Waals surface area contributed by atoms with E-state index in [1.165, 1.54) is 12.8 Å². The van der Waals surface area contributed by atoms with E-state index in [4.69, 9.17) is 9.47 Å². The fourth-order valence-corrected chi connectivity index (χ4v) is 2.75. The Morgan fingerprint density at radius 1 is 1.29 bits per heavy atom. The number of hydrogen-bond acceptors (Lipinski definition) is 4. The molecule has 1 unspecified atom stereocenters. The minimum Gasteiger partial charge on any atom is -0.497 e. The predicted octanol–water partition coefficient (Wildman–Crippen LogP) is 2.84. The molecule has 0 radical (unpaired) electrons. The van der Waals surface area contributed by atoms with Crippen LogP contribution in [0.25, 0.3) is 0 Å². The van der Waals surface area contributed by atoms with Gasteiger partial charge in [0.15, 0.2) is 0 Å². The number of likely N-dealkylation sites (N-methyl/N-ethyl adjacent to an activating group) is 1. The molecule has 1 N–H and O–H groups in total. The van der Waals surface area contributed by atoms with E-state index < -0.39 is 0 Å². The molecule has 1 aromatic carbocycles. The molecule has 0 aliphatic heterocycles. The van der Waals surface area contributed by atoms with Gasteiger partial charge >= 0.3 is 0 Å². The summed E-state index contributed by atoms with van der Waals surface area (Å²) in [5.74, 6) is 1.78. The van der Waals surface area contributed by atoms with Crippen LogP contribution in [-0.2, 0) is 0 Å². The molecule has 1 fully saturated rings. The van der Waals surface area contributed by atoms with E-state index in [9.17, 15) is 0 Å². The summed E-state index contributed by atoms with van der Waals surface area (Å²) in [4.78, 5) is 2.56. The maximum absolute atomic E-state index is 5.46. The van der Waals surface area contributed by atoms with Crippen molar-refractivity contribution in [2.45, 2.75) is 38.8 Å². The molecule has 0 saturated heterocycles. The lowest BCUT2D eigenvalue weighted by Gasteiger charge is -2.23. The molecule has 1 aromatic rings. The summed E-state index contributed by atoms with van der Waals surface area (Å²) < 4.78 is 10.8. The Labute approximate surface area is 128 Å². The number of benzene rings is 1. The van der Waals surface area contributed by atoms with Gasteiger partial charge in [0.05, 0.1) is 14.2 Å². The van der Waals surface area contributed by atoms with Crippen LogP contribution in [0.3, 0.4) is 0 Å². The zero-order chi connectivity index (χ0) is 15.2. The van der Waals surface area contributed by atoms with Crippen LogP contribution in [0.4, 0.5) is 0 Å². The van der Waals surface area contributed by atoms with Crippen LogP contribution in [0.15, 0.2) is 18.2 Å². The molecule has 1 aliphatic rings. The van der Waals surface area contributed by atoms with Crippen LogP contribution < -0.4 is 14.8 Å². The second-order valence-electron chi connectivity index (χ2n) is 5.64. The second-order valence-corrected chi connectivity index (χ2v) is 5.64. The van der Waals surface area contributed by atoms with Gasteiger partial charge in [-0.2, -0.15) is 0 Å². The van der Waals surface area contributed by atoms with E-state index in [1.807, 2.05) is 12.1 Å². The van der Waals surface area contributed by atoms with Crippen LogP contribution in [0.1, 0.15) is 38.3 Å². The van der Waals surface area contributed by atoms with Gasteiger partial charge in [0, 0.05) is 30.7 Å². The number of rotatable bonds is 9. The molecule has 21 heavy (non-hydrogen) atoms. The van der Waals surface area contributed by atoms with Gasteiger partial charge in [0.1, 0.15) is 11.5 Å².